The Morgan fingerprint density at radius 3 is 2.38 bits per heavy atom. The van der Waals surface area contributed by atoms with Crippen molar-refractivity contribution in [1.29, 1.82) is 0 Å². The summed E-state index contributed by atoms with van der Waals surface area (Å²) < 4.78 is 11.0. The van der Waals surface area contributed by atoms with Crippen molar-refractivity contribution in [3.63, 3.8) is 0 Å². The van der Waals surface area contributed by atoms with Gasteiger partial charge in [-0.1, -0.05) is 11.6 Å². The minimum Gasteiger partial charge on any atom is -0.465 e. The van der Waals surface area contributed by atoms with Gasteiger partial charge in [-0.05, 0) is 59.1 Å². The zero-order chi connectivity index (χ0) is 15.6. The van der Waals surface area contributed by atoms with Gasteiger partial charge in [0.05, 0.1) is 17.1 Å². The largest absolute Gasteiger partial charge is 0.465 e. The van der Waals surface area contributed by atoms with Crippen LogP contribution in [0.1, 0.15) is 21.5 Å². The Hall–Kier alpha value is -1.59. The molecule has 2 rings (SSSR count). The van der Waals surface area contributed by atoms with Crippen molar-refractivity contribution in [2.75, 3.05) is 7.11 Å². The first-order chi connectivity index (χ1) is 9.92. The molecule has 1 aromatic heterocycles. The molecule has 0 bridgehead atoms. The summed E-state index contributed by atoms with van der Waals surface area (Å²) in [5.41, 5.74) is 2.16. The lowest BCUT2D eigenvalue weighted by atomic mass is 10.1. The highest BCUT2D eigenvalue weighted by Crippen LogP contribution is 2.34. The van der Waals surface area contributed by atoms with Crippen molar-refractivity contribution >= 4 is 33.5 Å². The molecule has 0 spiro atoms. The lowest BCUT2D eigenvalue weighted by Gasteiger charge is -2.13. The van der Waals surface area contributed by atoms with Gasteiger partial charge in [-0.2, -0.15) is 0 Å². The molecule has 110 valence electrons. The van der Waals surface area contributed by atoms with Crippen molar-refractivity contribution in [3.8, 4) is 11.6 Å². The number of methoxy groups -OCH3 is 1. The number of hydrogen-bond donors (Lipinski definition) is 0. The Kier molecular flexibility index (Phi) is 4.85. The Labute approximate surface area is 136 Å². The van der Waals surface area contributed by atoms with E-state index >= 15 is 0 Å². The molecule has 0 atom stereocenters. The van der Waals surface area contributed by atoms with Crippen LogP contribution in [0.15, 0.2) is 28.9 Å². The first-order valence-electron chi connectivity index (χ1n) is 6.11. The number of nitrogens with zero attached hydrogens (tertiary/aromatic N) is 1. The van der Waals surface area contributed by atoms with Crippen LogP contribution in [0.25, 0.3) is 0 Å². The summed E-state index contributed by atoms with van der Waals surface area (Å²) >= 11 is 9.34. The third kappa shape index (κ3) is 3.54. The summed E-state index contributed by atoms with van der Waals surface area (Å²) in [5.74, 6) is 0.614. The lowest BCUT2D eigenvalue weighted by molar-refractivity contribution is 0.0600. The molecule has 0 saturated carbocycles. The number of benzene rings is 1. The Morgan fingerprint density at radius 1 is 1.24 bits per heavy atom. The van der Waals surface area contributed by atoms with Gasteiger partial charge in [0.2, 0.25) is 5.88 Å². The molecular formula is C15H13BrClNO3. The van der Waals surface area contributed by atoms with Crippen molar-refractivity contribution in [2.24, 2.45) is 0 Å². The summed E-state index contributed by atoms with van der Waals surface area (Å²) in [6, 6.07) is 5.25. The maximum atomic E-state index is 11.4. The molecule has 4 nitrogen and oxygen atoms in total. The number of pyridine rings is 1. The maximum absolute atomic E-state index is 11.4. The van der Waals surface area contributed by atoms with Crippen LogP contribution in [0.5, 0.6) is 11.6 Å². The fraction of sp³-hybridized carbons (Fsp3) is 0.200. The van der Waals surface area contributed by atoms with E-state index < -0.39 is 5.97 Å². The molecule has 1 heterocycles. The normalized spacial score (nSPS) is 10.3. The van der Waals surface area contributed by atoms with E-state index in [0.717, 1.165) is 11.1 Å². The SMILES string of the molecule is COC(=O)c1cnc(Oc2c(C)cc(Cl)cc2C)c(Br)c1. The summed E-state index contributed by atoms with van der Waals surface area (Å²) in [5, 5.41) is 0.658. The summed E-state index contributed by atoms with van der Waals surface area (Å²) in [7, 11) is 1.32. The second-order valence-corrected chi connectivity index (χ2v) is 5.76. The predicted octanol–water partition coefficient (Wildman–Crippen LogP) is 4.69. The second kappa shape index (κ2) is 6.45. The molecule has 0 unspecified atom stereocenters. The molecule has 0 fully saturated rings. The third-order valence-corrected chi connectivity index (χ3v) is 3.64. The summed E-state index contributed by atoms with van der Waals surface area (Å²) in [4.78, 5) is 15.6. The van der Waals surface area contributed by atoms with Gasteiger partial charge in [0, 0.05) is 11.2 Å². The highest BCUT2D eigenvalue weighted by Gasteiger charge is 2.13. The van der Waals surface area contributed by atoms with E-state index in [-0.39, 0.29) is 0 Å². The number of aryl methyl sites for hydroxylation is 2. The third-order valence-electron chi connectivity index (χ3n) is 2.85. The number of esters is 1. The average molecular weight is 371 g/mol. The quantitative estimate of drug-likeness (QED) is 0.735. The number of aromatic nitrogens is 1. The van der Waals surface area contributed by atoms with Crippen LogP contribution in [0.4, 0.5) is 0 Å². The molecule has 0 aliphatic rings. The molecule has 0 radical (unpaired) electrons. The monoisotopic (exact) mass is 369 g/mol. The zero-order valence-electron chi connectivity index (χ0n) is 11.7. The fourth-order valence-electron chi connectivity index (χ4n) is 1.89. The zero-order valence-corrected chi connectivity index (χ0v) is 14.1. The van der Waals surface area contributed by atoms with Gasteiger partial charge < -0.3 is 9.47 Å². The van der Waals surface area contributed by atoms with E-state index in [1.54, 1.807) is 6.07 Å². The molecule has 2 aromatic rings. The second-order valence-electron chi connectivity index (χ2n) is 4.47. The smallest absolute Gasteiger partial charge is 0.339 e. The fourth-order valence-corrected chi connectivity index (χ4v) is 2.64. The van der Waals surface area contributed by atoms with Crippen molar-refractivity contribution < 1.29 is 14.3 Å². The van der Waals surface area contributed by atoms with Crippen molar-refractivity contribution in [2.45, 2.75) is 13.8 Å². The van der Waals surface area contributed by atoms with Crippen LogP contribution >= 0.6 is 27.5 Å². The summed E-state index contributed by atoms with van der Waals surface area (Å²) in [6.07, 6.45) is 1.41. The standard InChI is InChI=1S/C15H13BrClNO3/c1-8-4-11(17)5-9(2)13(8)21-14-12(16)6-10(7-18-14)15(19)20-3/h4-7H,1-3H3. The van der Waals surface area contributed by atoms with Gasteiger partial charge >= 0.3 is 5.97 Å². The molecule has 0 aliphatic heterocycles. The number of carbonyl (C=O) groups is 1. The van der Waals surface area contributed by atoms with Gasteiger partial charge in [-0.15, -0.1) is 0 Å². The van der Waals surface area contributed by atoms with E-state index in [1.807, 2.05) is 26.0 Å². The van der Waals surface area contributed by atoms with E-state index in [9.17, 15) is 4.79 Å². The Morgan fingerprint density at radius 2 is 1.86 bits per heavy atom. The molecule has 0 amide bonds. The topological polar surface area (TPSA) is 48.4 Å². The van der Waals surface area contributed by atoms with Gasteiger partial charge in [-0.3, -0.25) is 0 Å². The van der Waals surface area contributed by atoms with Gasteiger partial charge in [0.15, 0.2) is 0 Å². The van der Waals surface area contributed by atoms with Crippen LogP contribution in [0.3, 0.4) is 0 Å². The molecule has 0 aliphatic carbocycles. The van der Waals surface area contributed by atoms with Gasteiger partial charge in [0.1, 0.15) is 5.75 Å². The highest BCUT2D eigenvalue weighted by molar-refractivity contribution is 9.10. The average Bonchev–Trinajstić information content (AvgIpc) is 2.43. The van der Waals surface area contributed by atoms with Crippen LogP contribution in [-0.2, 0) is 4.74 Å². The van der Waals surface area contributed by atoms with Gasteiger partial charge in [0.25, 0.3) is 0 Å². The van der Waals surface area contributed by atoms with Crippen LogP contribution in [0.2, 0.25) is 5.02 Å². The molecule has 0 saturated heterocycles. The maximum Gasteiger partial charge on any atom is 0.339 e. The van der Waals surface area contributed by atoms with E-state index in [2.05, 4.69) is 25.7 Å². The van der Waals surface area contributed by atoms with Crippen molar-refractivity contribution in [3.05, 3.63) is 50.6 Å². The number of ether oxygens (including phenoxy) is 2. The number of halogens is 2. The molecule has 6 heteroatoms. The van der Waals surface area contributed by atoms with Crippen LogP contribution < -0.4 is 4.74 Å². The van der Waals surface area contributed by atoms with E-state index in [1.165, 1.54) is 13.3 Å². The summed E-state index contributed by atoms with van der Waals surface area (Å²) in [6.45, 7) is 3.82. The molecule has 0 N–H and O–H groups in total. The number of carbonyl (C=O) groups excluding carboxylic acids is 1. The molecular weight excluding hydrogens is 358 g/mol. The van der Waals surface area contributed by atoms with Crippen LogP contribution in [0, 0.1) is 13.8 Å². The Balaban J connectivity index is 2.35. The first-order valence-corrected chi connectivity index (χ1v) is 7.28. The van der Waals surface area contributed by atoms with E-state index in [0.29, 0.717) is 26.7 Å². The van der Waals surface area contributed by atoms with Crippen LogP contribution in [-0.4, -0.2) is 18.1 Å². The van der Waals surface area contributed by atoms with Crippen molar-refractivity contribution in [1.82, 2.24) is 4.98 Å². The van der Waals surface area contributed by atoms with Gasteiger partial charge in [-0.25, -0.2) is 9.78 Å². The minimum absolute atomic E-state index is 0.348. The van der Waals surface area contributed by atoms with E-state index in [4.69, 9.17) is 16.3 Å². The first kappa shape index (κ1) is 15.8. The minimum atomic E-state index is -0.450. The lowest BCUT2D eigenvalue weighted by Crippen LogP contribution is -2.03. The molecule has 1 aromatic carbocycles. The Bertz CT molecular complexity index is 680. The molecule has 21 heavy (non-hydrogen) atoms. The number of rotatable bonds is 3. The highest BCUT2D eigenvalue weighted by atomic mass is 79.9. The number of hydrogen-bond acceptors (Lipinski definition) is 4. The predicted molar refractivity (Wildman–Crippen MR) is 84.3 cm³/mol.